The number of carbonyl (C=O) groups is 2. The van der Waals surface area contributed by atoms with Crippen molar-refractivity contribution in [3.63, 3.8) is 0 Å². The molecule has 21 heavy (non-hydrogen) atoms. The van der Waals surface area contributed by atoms with E-state index in [1.54, 1.807) is 18.2 Å². The predicted molar refractivity (Wildman–Crippen MR) is 79.3 cm³/mol. The lowest BCUT2D eigenvalue weighted by Gasteiger charge is -2.23. The van der Waals surface area contributed by atoms with Gasteiger partial charge in [0.1, 0.15) is 0 Å². The smallest absolute Gasteiger partial charge is 0.287 e. The zero-order valence-electron chi connectivity index (χ0n) is 11.3. The van der Waals surface area contributed by atoms with Gasteiger partial charge in [-0.15, -0.1) is 0 Å². The number of nitrogens with one attached hydrogen (secondary N) is 2. The van der Waals surface area contributed by atoms with Gasteiger partial charge in [0, 0.05) is 24.4 Å². The maximum atomic E-state index is 12.1. The molecule has 0 radical (unpaired) electrons. The SMILES string of the molecule is O=C1CCC[C@H](CNC(=O)c2cc3cccc(Cl)c3o2)N1. The Bertz CT molecular complexity index is 695. The first-order chi connectivity index (χ1) is 10.1. The third-order valence-electron chi connectivity index (χ3n) is 3.55. The summed E-state index contributed by atoms with van der Waals surface area (Å²) in [4.78, 5) is 23.4. The van der Waals surface area contributed by atoms with Crippen LogP contribution in [-0.4, -0.2) is 24.4 Å². The van der Waals surface area contributed by atoms with Gasteiger partial charge in [0.25, 0.3) is 5.91 Å². The summed E-state index contributed by atoms with van der Waals surface area (Å²) in [6, 6.07) is 7.01. The number of para-hydroxylation sites is 1. The molecular formula is C15H15ClN2O3. The van der Waals surface area contributed by atoms with Crippen LogP contribution in [0.2, 0.25) is 5.02 Å². The number of benzene rings is 1. The van der Waals surface area contributed by atoms with Crippen LogP contribution in [-0.2, 0) is 4.79 Å². The fraction of sp³-hybridized carbons (Fsp3) is 0.333. The quantitative estimate of drug-likeness (QED) is 0.915. The molecule has 2 heterocycles. The van der Waals surface area contributed by atoms with Gasteiger partial charge in [-0.25, -0.2) is 0 Å². The van der Waals surface area contributed by atoms with Crippen molar-refractivity contribution in [3.8, 4) is 0 Å². The zero-order chi connectivity index (χ0) is 14.8. The molecule has 0 saturated carbocycles. The van der Waals surface area contributed by atoms with Crippen molar-refractivity contribution < 1.29 is 14.0 Å². The number of rotatable bonds is 3. The largest absolute Gasteiger partial charge is 0.449 e. The summed E-state index contributed by atoms with van der Waals surface area (Å²) in [7, 11) is 0. The lowest BCUT2D eigenvalue weighted by Crippen LogP contribution is -2.46. The molecule has 1 aliphatic heterocycles. The number of fused-ring (bicyclic) bond motifs is 1. The highest BCUT2D eigenvalue weighted by Crippen LogP contribution is 2.26. The van der Waals surface area contributed by atoms with Crippen LogP contribution in [0.1, 0.15) is 29.8 Å². The van der Waals surface area contributed by atoms with Crippen LogP contribution >= 0.6 is 11.6 Å². The molecule has 6 heteroatoms. The molecule has 1 aliphatic rings. The van der Waals surface area contributed by atoms with Crippen molar-refractivity contribution in [2.45, 2.75) is 25.3 Å². The summed E-state index contributed by atoms with van der Waals surface area (Å²) >= 11 is 6.02. The van der Waals surface area contributed by atoms with Gasteiger partial charge < -0.3 is 15.1 Å². The number of hydrogen-bond donors (Lipinski definition) is 2. The lowest BCUT2D eigenvalue weighted by atomic mass is 10.0. The fourth-order valence-electron chi connectivity index (χ4n) is 2.48. The Labute approximate surface area is 126 Å². The van der Waals surface area contributed by atoms with Crippen LogP contribution in [0.15, 0.2) is 28.7 Å². The van der Waals surface area contributed by atoms with E-state index < -0.39 is 0 Å². The van der Waals surface area contributed by atoms with Crippen LogP contribution in [0.5, 0.6) is 0 Å². The molecule has 1 saturated heterocycles. The second-order valence-electron chi connectivity index (χ2n) is 5.14. The van der Waals surface area contributed by atoms with Crippen molar-refractivity contribution in [2.24, 2.45) is 0 Å². The average molecular weight is 307 g/mol. The number of furan rings is 1. The van der Waals surface area contributed by atoms with Crippen molar-refractivity contribution in [1.29, 1.82) is 0 Å². The van der Waals surface area contributed by atoms with Crippen LogP contribution < -0.4 is 10.6 Å². The first-order valence-corrected chi connectivity index (χ1v) is 7.27. The van der Waals surface area contributed by atoms with Gasteiger partial charge in [0.05, 0.1) is 5.02 Å². The van der Waals surface area contributed by atoms with Gasteiger partial charge >= 0.3 is 0 Å². The van der Waals surface area contributed by atoms with Crippen molar-refractivity contribution >= 4 is 34.4 Å². The minimum Gasteiger partial charge on any atom is -0.449 e. The molecule has 1 atom stereocenters. The second-order valence-corrected chi connectivity index (χ2v) is 5.54. The number of hydrogen-bond acceptors (Lipinski definition) is 3. The molecule has 2 N–H and O–H groups in total. The first-order valence-electron chi connectivity index (χ1n) is 6.89. The molecule has 110 valence electrons. The van der Waals surface area contributed by atoms with Crippen LogP contribution in [0, 0.1) is 0 Å². The molecule has 0 spiro atoms. The van der Waals surface area contributed by atoms with Crippen molar-refractivity contribution in [2.75, 3.05) is 6.54 Å². The maximum absolute atomic E-state index is 12.1. The predicted octanol–water partition coefficient (Wildman–Crippen LogP) is 2.48. The van der Waals surface area contributed by atoms with E-state index in [1.807, 2.05) is 6.07 Å². The molecule has 3 rings (SSSR count). The molecule has 1 aromatic carbocycles. The van der Waals surface area contributed by atoms with E-state index in [0.29, 0.717) is 23.6 Å². The van der Waals surface area contributed by atoms with E-state index >= 15 is 0 Å². The van der Waals surface area contributed by atoms with Gasteiger partial charge in [0.2, 0.25) is 5.91 Å². The van der Waals surface area contributed by atoms with Gasteiger partial charge in [-0.2, -0.15) is 0 Å². The van der Waals surface area contributed by atoms with Crippen LogP contribution in [0.3, 0.4) is 0 Å². The maximum Gasteiger partial charge on any atom is 0.287 e. The number of carbonyl (C=O) groups excluding carboxylic acids is 2. The molecular weight excluding hydrogens is 292 g/mol. The van der Waals surface area contributed by atoms with Gasteiger partial charge in [0.15, 0.2) is 11.3 Å². The highest BCUT2D eigenvalue weighted by Gasteiger charge is 2.20. The van der Waals surface area contributed by atoms with Gasteiger partial charge in [-0.1, -0.05) is 23.7 Å². The third-order valence-corrected chi connectivity index (χ3v) is 3.85. The molecule has 2 amide bonds. The molecule has 1 fully saturated rings. The second kappa shape index (κ2) is 5.77. The number of piperidine rings is 1. The standard InChI is InChI=1S/C15H15ClN2O3/c16-11-5-1-3-9-7-12(21-14(9)11)15(20)17-8-10-4-2-6-13(19)18-10/h1,3,5,7,10H,2,4,6,8H2,(H,17,20)(H,18,19)/t10-/m1/s1. The van der Waals surface area contributed by atoms with Gasteiger partial charge in [-0.05, 0) is 25.0 Å². The Hall–Kier alpha value is -2.01. The summed E-state index contributed by atoms with van der Waals surface area (Å²) in [5.41, 5.74) is 0.510. The molecule has 0 bridgehead atoms. The summed E-state index contributed by atoms with van der Waals surface area (Å²) in [5.74, 6) is -0.0432. The minimum atomic E-state index is -0.304. The van der Waals surface area contributed by atoms with Gasteiger partial charge in [-0.3, -0.25) is 9.59 Å². The lowest BCUT2D eigenvalue weighted by molar-refractivity contribution is -0.123. The summed E-state index contributed by atoms with van der Waals surface area (Å²) < 4.78 is 5.49. The monoisotopic (exact) mass is 306 g/mol. The average Bonchev–Trinajstić information content (AvgIpc) is 2.90. The van der Waals surface area contributed by atoms with E-state index in [1.165, 1.54) is 0 Å². The van der Waals surface area contributed by atoms with E-state index in [0.717, 1.165) is 18.2 Å². The van der Waals surface area contributed by atoms with Crippen LogP contribution in [0.25, 0.3) is 11.0 Å². The highest BCUT2D eigenvalue weighted by atomic mass is 35.5. The highest BCUT2D eigenvalue weighted by molar-refractivity contribution is 6.34. The molecule has 0 unspecified atom stereocenters. The summed E-state index contributed by atoms with van der Waals surface area (Å²) in [5, 5.41) is 6.90. The Morgan fingerprint density at radius 3 is 3.10 bits per heavy atom. The Morgan fingerprint density at radius 2 is 2.33 bits per heavy atom. The number of amides is 2. The zero-order valence-corrected chi connectivity index (χ0v) is 12.1. The van der Waals surface area contributed by atoms with E-state index in [4.69, 9.17) is 16.0 Å². The number of halogens is 1. The molecule has 1 aromatic heterocycles. The van der Waals surface area contributed by atoms with Crippen molar-refractivity contribution in [3.05, 3.63) is 35.0 Å². The summed E-state index contributed by atoms with van der Waals surface area (Å²) in [6.07, 6.45) is 2.29. The summed E-state index contributed by atoms with van der Waals surface area (Å²) in [6.45, 7) is 0.398. The fourth-order valence-corrected chi connectivity index (χ4v) is 2.70. The third kappa shape index (κ3) is 3.03. The normalized spacial score (nSPS) is 18.5. The van der Waals surface area contributed by atoms with E-state index in [9.17, 15) is 9.59 Å². The molecule has 0 aliphatic carbocycles. The Morgan fingerprint density at radius 1 is 1.48 bits per heavy atom. The molecule has 2 aromatic rings. The Balaban J connectivity index is 1.66. The molecule has 5 nitrogen and oxygen atoms in total. The van der Waals surface area contributed by atoms with E-state index in [2.05, 4.69) is 10.6 Å². The van der Waals surface area contributed by atoms with Crippen LogP contribution in [0.4, 0.5) is 0 Å². The van der Waals surface area contributed by atoms with E-state index in [-0.39, 0.29) is 23.6 Å². The topological polar surface area (TPSA) is 71.3 Å². The van der Waals surface area contributed by atoms with Crippen molar-refractivity contribution in [1.82, 2.24) is 10.6 Å². The first kappa shape index (κ1) is 13.9. The Kier molecular flexibility index (Phi) is 3.84. The minimum absolute atomic E-state index is 0.0110.